The Hall–Kier alpha value is -1.26. The number of nitrogens with two attached hydrogens (primary N) is 1. The van der Waals surface area contributed by atoms with Crippen LogP contribution in [0.15, 0.2) is 12.1 Å². The number of fused-ring (bicyclic) bond motifs is 1. The van der Waals surface area contributed by atoms with Gasteiger partial charge in [0.1, 0.15) is 6.04 Å². The predicted octanol–water partition coefficient (Wildman–Crippen LogP) is 3.16. The van der Waals surface area contributed by atoms with Gasteiger partial charge in [-0.05, 0) is 31.9 Å². The van der Waals surface area contributed by atoms with Crippen LogP contribution in [0.3, 0.4) is 0 Å². The fourth-order valence-electron chi connectivity index (χ4n) is 2.50. The second-order valence-electron chi connectivity index (χ2n) is 6.00. The number of nitrogens with one attached hydrogen (secondary N) is 1. The zero-order chi connectivity index (χ0) is 15.0. The zero-order valence-electron chi connectivity index (χ0n) is 12.4. The minimum absolute atomic E-state index is 0.173. The van der Waals surface area contributed by atoms with Gasteiger partial charge in [0, 0.05) is 23.8 Å². The second-order valence-corrected chi connectivity index (χ2v) is 6.40. The minimum Gasteiger partial charge on any atom is -0.368 e. The number of anilines is 2. The van der Waals surface area contributed by atoms with Gasteiger partial charge in [-0.1, -0.05) is 25.4 Å². The molecule has 0 fully saturated rings. The predicted molar refractivity (Wildman–Crippen MR) is 84.3 cm³/mol. The number of halogens is 1. The van der Waals surface area contributed by atoms with E-state index in [1.807, 2.05) is 12.1 Å². The molecule has 0 saturated heterocycles. The summed E-state index contributed by atoms with van der Waals surface area (Å²) < 4.78 is 0. The molecule has 3 N–H and O–H groups in total. The number of carbonyl (C=O) groups excluding carboxylic acids is 1. The first-order valence-corrected chi connectivity index (χ1v) is 7.35. The maximum absolute atomic E-state index is 11.6. The molecule has 5 heteroatoms. The highest BCUT2D eigenvalue weighted by atomic mass is 35.5. The van der Waals surface area contributed by atoms with Crippen molar-refractivity contribution in [3.63, 3.8) is 0 Å². The molecule has 1 aromatic carbocycles. The van der Waals surface area contributed by atoms with Gasteiger partial charge in [0.25, 0.3) is 0 Å². The summed E-state index contributed by atoms with van der Waals surface area (Å²) in [4.78, 5) is 13.9. The van der Waals surface area contributed by atoms with Crippen LogP contribution in [0.1, 0.15) is 39.3 Å². The van der Waals surface area contributed by atoms with Gasteiger partial charge in [0.2, 0.25) is 5.91 Å². The van der Waals surface area contributed by atoms with E-state index in [1.54, 1.807) is 0 Å². The summed E-state index contributed by atoms with van der Waals surface area (Å²) in [5.41, 5.74) is 8.34. The summed E-state index contributed by atoms with van der Waals surface area (Å²) in [6.45, 7) is 9.53. The van der Waals surface area contributed by atoms with E-state index >= 15 is 0 Å². The highest BCUT2D eigenvalue weighted by Gasteiger charge is 2.29. The van der Waals surface area contributed by atoms with Crippen LogP contribution in [0.4, 0.5) is 11.4 Å². The highest BCUT2D eigenvalue weighted by Crippen LogP contribution is 2.38. The molecule has 20 heavy (non-hydrogen) atoms. The van der Waals surface area contributed by atoms with Crippen molar-refractivity contribution < 1.29 is 4.79 Å². The van der Waals surface area contributed by atoms with Crippen molar-refractivity contribution in [1.82, 2.24) is 0 Å². The second kappa shape index (κ2) is 5.62. The lowest BCUT2D eigenvalue weighted by Gasteiger charge is -2.32. The number of carbonyl (C=O) groups is 1. The molecule has 1 amide bonds. The molecular formula is C15H22ClN3O. The monoisotopic (exact) mass is 295 g/mol. The molecule has 4 nitrogen and oxygen atoms in total. The van der Waals surface area contributed by atoms with E-state index in [4.69, 9.17) is 17.3 Å². The average molecular weight is 296 g/mol. The first-order chi connectivity index (χ1) is 9.31. The van der Waals surface area contributed by atoms with Gasteiger partial charge >= 0.3 is 0 Å². The molecule has 2 rings (SSSR count). The Morgan fingerprint density at radius 1 is 1.35 bits per heavy atom. The fourth-order valence-corrected chi connectivity index (χ4v) is 2.78. The van der Waals surface area contributed by atoms with Gasteiger partial charge in [-0.25, -0.2) is 0 Å². The number of amides is 1. The zero-order valence-corrected chi connectivity index (χ0v) is 13.2. The van der Waals surface area contributed by atoms with Crippen molar-refractivity contribution in [2.24, 2.45) is 11.7 Å². The average Bonchev–Trinajstić information content (AvgIpc) is 2.61. The molecule has 110 valence electrons. The molecule has 0 radical (unpaired) electrons. The first kappa shape index (κ1) is 15.1. The van der Waals surface area contributed by atoms with Gasteiger partial charge in [-0.15, -0.1) is 0 Å². The van der Waals surface area contributed by atoms with Gasteiger partial charge in [0.15, 0.2) is 0 Å². The first-order valence-electron chi connectivity index (χ1n) is 6.97. The van der Waals surface area contributed by atoms with Gasteiger partial charge in [0.05, 0.1) is 10.7 Å². The summed E-state index contributed by atoms with van der Waals surface area (Å²) in [5.74, 6) is 0.353. The van der Waals surface area contributed by atoms with E-state index in [0.29, 0.717) is 17.0 Å². The van der Waals surface area contributed by atoms with Crippen LogP contribution in [0.25, 0.3) is 0 Å². The molecule has 1 heterocycles. The van der Waals surface area contributed by atoms with Crippen LogP contribution in [0, 0.1) is 5.92 Å². The molecule has 0 bridgehead atoms. The van der Waals surface area contributed by atoms with E-state index in [0.717, 1.165) is 23.5 Å². The standard InChI is InChI=1S/C15H22ClN3O/c1-8(2)7-19(9(3)4)13-6-12-10(5-11(13)16)14(17)15(20)18-12/h5-6,8-9,14H,7,17H2,1-4H3,(H,18,20). The van der Waals surface area contributed by atoms with E-state index in [1.165, 1.54) is 0 Å². The molecule has 0 saturated carbocycles. The Morgan fingerprint density at radius 2 is 2.00 bits per heavy atom. The van der Waals surface area contributed by atoms with Crippen molar-refractivity contribution in [1.29, 1.82) is 0 Å². The van der Waals surface area contributed by atoms with Crippen molar-refractivity contribution in [3.8, 4) is 0 Å². The lowest BCUT2D eigenvalue weighted by Crippen LogP contribution is -2.34. The smallest absolute Gasteiger partial charge is 0.245 e. The number of hydrogen-bond donors (Lipinski definition) is 2. The van der Waals surface area contributed by atoms with Gasteiger partial charge < -0.3 is 16.0 Å². The molecule has 0 aromatic heterocycles. The van der Waals surface area contributed by atoms with E-state index in [2.05, 4.69) is 37.9 Å². The molecule has 1 aromatic rings. The Balaban J connectivity index is 2.42. The number of nitrogens with zero attached hydrogens (tertiary/aromatic N) is 1. The Kier molecular flexibility index (Phi) is 4.25. The number of hydrogen-bond acceptors (Lipinski definition) is 3. The Morgan fingerprint density at radius 3 is 2.55 bits per heavy atom. The van der Waals surface area contributed by atoms with Crippen molar-refractivity contribution in [3.05, 3.63) is 22.7 Å². The van der Waals surface area contributed by atoms with Crippen LogP contribution in [0.5, 0.6) is 0 Å². The van der Waals surface area contributed by atoms with E-state index < -0.39 is 6.04 Å². The summed E-state index contributed by atoms with van der Waals surface area (Å²) in [5, 5.41) is 3.46. The molecule has 1 aliphatic rings. The van der Waals surface area contributed by atoms with Crippen molar-refractivity contribution >= 4 is 28.9 Å². The largest absolute Gasteiger partial charge is 0.368 e. The Bertz CT molecular complexity index is 528. The lowest BCUT2D eigenvalue weighted by molar-refractivity contribution is -0.116. The Labute approximate surface area is 125 Å². The van der Waals surface area contributed by atoms with Crippen molar-refractivity contribution in [2.45, 2.75) is 39.8 Å². The molecule has 1 atom stereocenters. The lowest BCUT2D eigenvalue weighted by atomic mass is 10.1. The summed E-state index contributed by atoms with van der Waals surface area (Å²) in [7, 11) is 0. The summed E-state index contributed by atoms with van der Waals surface area (Å²) in [6.07, 6.45) is 0. The van der Waals surface area contributed by atoms with E-state index in [-0.39, 0.29) is 5.91 Å². The summed E-state index contributed by atoms with van der Waals surface area (Å²) >= 11 is 6.41. The van der Waals surface area contributed by atoms with Crippen LogP contribution in [-0.2, 0) is 4.79 Å². The molecule has 0 aliphatic carbocycles. The fraction of sp³-hybridized carbons (Fsp3) is 0.533. The third-order valence-electron chi connectivity index (χ3n) is 3.49. The highest BCUT2D eigenvalue weighted by molar-refractivity contribution is 6.33. The molecule has 0 spiro atoms. The normalized spacial score (nSPS) is 17.6. The van der Waals surface area contributed by atoms with Crippen LogP contribution < -0.4 is 16.0 Å². The van der Waals surface area contributed by atoms with Crippen LogP contribution in [0.2, 0.25) is 5.02 Å². The number of benzene rings is 1. The van der Waals surface area contributed by atoms with Crippen LogP contribution in [-0.4, -0.2) is 18.5 Å². The molecular weight excluding hydrogens is 274 g/mol. The van der Waals surface area contributed by atoms with Gasteiger partial charge in [-0.3, -0.25) is 4.79 Å². The third kappa shape index (κ3) is 2.76. The SMILES string of the molecule is CC(C)CN(c1cc2c(cc1Cl)C(N)C(=O)N2)C(C)C. The van der Waals surface area contributed by atoms with Crippen LogP contribution >= 0.6 is 11.6 Å². The summed E-state index contributed by atoms with van der Waals surface area (Å²) in [6, 6.07) is 3.46. The van der Waals surface area contributed by atoms with Gasteiger partial charge in [-0.2, -0.15) is 0 Å². The molecule has 1 unspecified atom stereocenters. The molecule has 1 aliphatic heterocycles. The maximum atomic E-state index is 11.6. The number of rotatable bonds is 4. The maximum Gasteiger partial charge on any atom is 0.245 e. The quantitative estimate of drug-likeness (QED) is 0.897. The minimum atomic E-state index is -0.617. The third-order valence-corrected chi connectivity index (χ3v) is 3.79. The topological polar surface area (TPSA) is 58.4 Å². The van der Waals surface area contributed by atoms with Crippen molar-refractivity contribution in [2.75, 3.05) is 16.8 Å². The van der Waals surface area contributed by atoms with E-state index in [9.17, 15) is 4.79 Å².